The van der Waals surface area contributed by atoms with Gasteiger partial charge in [-0.15, -0.1) is 0 Å². The SMILES string of the molecule is COc1ccccc1CC(C)CC(=O)NCC1(O)CCC1. The number of hydrogen-bond acceptors (Lipinski definition) is 3. The van der Waals surface area contributed by atoms with E-state index in [9.17, 15) is 9.90 Å². The molecule has 2 rings (SSSR count). The number of methoxy groups -OCH3 is 1. The Labute approximate surface area is 126 Å². The first-order chi connectivity index (χ1) is 10.0. The molecule has 4 heteroatoms. The molecule has 0 aliphatic heterocycles. The Kier molecular flexibility index (Phi) is 5.23. The highest BCUT2D eigenvalue weighted by atomic mass is 16.5. The van der Waals surface area contributed by atoms with E-state index in [1.807, 2.05) is 24.3 Å². The molecule has 0 spiro atoms. The minimum Gasteiger partial charge on any atom is -0.496 e. The van der Waals surface area contributed by atoms with E-state index in [4.69, 9.17) is 4.74 Å². The Bertz CT molecular complexity index is 483. The molecule has 1 amide bonds. The summed E-state index contributed by atoms with van der Waals surface area (Å²) in [6.07, 6.45) is 3.92. The molecule has 0 saturated heterocycles. The second-order valence-electron chi connectivity index (χ2n) is 6.18. The summed E-state index contributed by atoms with van der Waals surface area (Å²) in [5.41, 5.74) is 0.472. The second kappa shape index (κ2) is 6.94. The number of carbonyl (C=O) groups is 1. The number of aliphatic hydroxyl groups is 1. The lowest BCUT2D eigenvalue weighted by Gasteiger charge is -2.36. The Morgan fingerprint density at radius 3 is 2.76 bits per heavy atom. The van der Waals surface area contributed by atoms with Crippen LogP contribution in [0.1, 0.15) is 38.2 Å². The highest BCUT2D eigenvalue weighted by Crippen LogP contribution is 2.30. The van der Waals surface area contributed by atoms with Crippen molar-refractivity contribution in [2.45, 2.75) is 44.6 Å². The van der Waals surface area contributed by atoms with Gasteiger partial charge in [0.25, 0.3) is 0 Å². The van der Waals surface area contributed by atoms with Crippen LogP contribution in [0, 0.1) is 5.92 Å². The fourth-order valence-electron chi connectivity index (χ4n) is 2.73. The molecule has 1 aliphatic rings. The van der Waals surface area contributed by atoms with Crippen LogP contribution in [-0.2, 0) is 11.2 Å². The number of amides is 1. The van der Waals surface area contributed by atoms with E-state index in [1.165, 1.54) is 0 Å². The molecule has 1 aliphatic carbocycles. The van der Waals surface area contributed by atoms with Gasteiger partial charge in [-0.3, -0.25) is 4.79 Å². The van der Waals surface area contributed by atoms with E-state index < -0.39 is 5.60 Å². The average molecular weight is 291 g/mol. The van der Waals surface area contributed by atoms with Crippen LogP contribution in [0.15, 0.2) is 24.3 Å². The fourth-order valence-corrected chi connectivity index (χ4v) is 2.73. The summed E-state index contributed by atoms with van der Waals surface area (Å²) in [6, 6.07) is 7.90. The Balaban J connectivity index is 1.78. The van der Waals surface area contributed by atoms with Crippen molar-refractivity contribution in [3.63, 3.8) is 0 Å². The van der Waals surface area contributed by atoms with Gasteiger partial charge < -0.3 is 15.2 Å². The molecule has 21 heavy (non-hydrogen) atoms. The van der Waals surface area contributed by atoms with Crippen molar-refractivity contribution >= 4 is 5.91 Å². The highest BCUT2D eigenvalue weighted by Gasteiger charge is 2.34. The van der Waals surface area contributed by atoms with Gasteiger partial charge in [0.2, 0.25) is 5.91 Å². The molecule has 1 aromatic rings. The molecule has 0 bridgehead atoms. The number of carbonyl (C=O) groups excluding carboxylic acids is 1. The van der Waals surface area contributed by atoms with Crippen molar-refractivity contribution in [2.24, 2.45) is 5.92 Å². The van der Waals surface area contributed by atoms with Crippen molar-refractivity contribution in [1.29, 1.82) is 0 Å². The Hall–Kier alpha value is -1.55. The smallest absolute Gasteiger partial charge is 0.220 e. The van der Waals surface area contributed by atoms with Gasteiger partial charge in [-0.2, -0.15) is 0 Å². The third-order valence-electron chi connectivity index (χ3n) is 4.19. The van der Waals surface area contributed by atoms with Crippen LogP contribution in [0.25, 0.3) is 0 Å². The van der Waals surface area contributed by atoms with E-state index in [-0.39, 0.29) is 11.8 Å². The molecule has 1 unspecified atom stereocenters. The zero-order chi connectivity index (χ0) is 15.3. The molecule has 1 fully saturated rings. The number of hydrogen-bond donors (Lipinski definition) is 2. The minimum atomic E-state index is -0.651. The zero-order valence-electron chi connectivity index (χ0n) is 12.9. The maximum atomic E-state index is 11.9. The van der Waals surface area contributed by atoms with Gasteiger partial charge in [-0.1, -0.05) is 25.1 Å². The minimum absolute atomic E-state index is 0.0118. The highest BCUT2D eigenvalue weighted by molar-refractivity contribution is 5.76. The molecule has 0 aromatic heterocycles. The summed E-state index contributed by atoms with van der Waals surface area (Å²) in [7, 11) is 1.66. The predicted octanol–water partition coefficient (Wildman–Crippen LogP) is 2.30. The van der Waals surface area contributed by atoms with Crippen LogP contribution in [0.2, 0.25) is 0 Å². The maximum absolute atomic E-state index is 11.9. The molecular weight excluding hydrogens is 266 g/mol. The van der Waals surface area contributed by atoms with E-state index >= 15 is 0 Å². The summed E-state index contributed by atoms with van der Waals surface area (Å²) in [5.74, 6) is 1.11. The monoisotopic (exact) mass is 291 g/mol. The van der Waals surface area contributed by atoms with E-state index in [1.54, 1.807) is 7.11 Å². The first-order valence-corrected chi connectivity index (χ1v) is 7.63. The quantitative estimate of drug-likeness (QED) is 0.810. The first-order valence-electron chi connectivity index (χ1n) is 7.63. The molecule has 2 N–H and O–H groups in total. The van der Waals surface area contributed by atoms with Gasteiger partial charge in [0.15, 0.2) is 0 Å². The maximum Gasteiger partial charge on any atom is 0.220 e. The summed E-state index contributed by atoms with van der Waals surface area (Å²) < 4.78 is 5.33. The number of para-hydroxylation sites is 1. The van der Waals surface area contributed by atoms with Crippen LogP contribution in [0.3, 0.4) is 0 Å². The van der Waals surface area contributed by atoms with Crippen LogP contribution in [-0.4, -0.2) is 30.3 Å². The number of benzene rings is 1. The molecule has 1 atom stereocenters. The predicted molar refractivity (Wildman–Crippen MR) is 82.3 cm³/mol. The van der Waals surface area contributed by atoms with Crippen LogP contribution in [0.5, 0.6) is 5.75 Å². The van der Waals surface area contributed by atoms with Gasteiger partial charge in [-0.25, -0.2) is 0 Å². The fraction of sp³-hybridized carbons (Fsp3) is 0.588. The molecule has 116 valence electrons. The standard InChI is InChI=1S/C17H25NO3/c1-13(10-14-6-3-4-7-15(14)21-2)11-16(19)18-12-17(20)8-5-9-17/h3-4,6-7,13,20H,5,8-12H2,1-2H3,(H,18,19). The van der Waals surface area contributed by atoms with Crippen molar-refractivity contribution < 1.29 is 14.6 Å². The van der Waals surface area contributed by atoms with Crippen LogP contribution < -0.4 is 10.1 Å². The largest absolute Gasteiger partial charge is 0.496 e. The lowest BCUT2D eigenvalue weighted by atomic mass is 9.80. The van der Waals surface area contributed by atoms with Crippen molar-refractivity contribution in [2.75, 3.05) is 13.7 Å². The summed E-state index contributed by atoms with van der Waals surface area (Å²) >= 11 is 0. The third-order valence-corrected chi connectivity index (χ3v) is 4.19. The van der Waals surface area contributed by atoms with Gasteiger partial charge in [-0.05, 0) is 43.2 Å². The van der Waals surface area contributed by atoms with Crippen molar-refractivity contribution in [3.05, 3.63) is 29.8 Å². The molecule has 1 aromatic carbocycles. The lowest BCUT2D eigenvalue weighted by Crippen LogP contribution is -2.48. The first kappa shape index (κ1) is 15.8. The summed E-state index contributed by atoms with van der Waals surface area (Å²) in [4.78, 5) is 11.9. The molecule has 1 saturated carbocycles. The number of ether oxygens (including phenoxy) is 1. The van der Waals surface area contributed by atoms with Crippen LogP contribution in [0.4, 0.5) is 0 Å². The molecule has 0 radical (unpaired) electrons. The van der Waals surface area contributed by atoms with Gasteiger partial charge in [0.1, 0.15) is 5.75 Å². The lowest BCUT2D eigenvalue weighted by molar-refractivity contribution is -0.124. The topological polar surface area (TPSA) is 58.6 Å². The Morgan fingerprint density at radius 1 is 1.43 bits per heavy atom. The third kappa shape index (κ3) is 4.46. The Morgan fingerprint density at radius 2 is 2.14 bits per heavy atom. The van der Waals surface area contributed by atoms with E-state index in [0.29, 0.717) is 13.0 Å². The van der Waals surface area contributed by atoms with E-state index in [0.717, 1.165) is 37.0 Å². The van der Waals surface area contributed by atoms with Gasteiger partial charge in [0.05, 0.1) is 12.7 Å². The molecular formula is C17H25NO3. The van der Waals surface area contributed by atoms with Crippen LogP contribution >= 0.6 is 0 Å². The normalized spacial score (nSPS) is 17.7. The van der Waals surface area contributed by atoms with Crippen molar-refractivity contribution in [3.8, 4) is 5.75 Å². The average Bonchev–Trinajstić information content (AvgIpc) is 2.43. The summed E-state index contributed by atoms with van der Waals surface area (Å²) in [6.45, 7) is 2.44. The number of nitrogens with one attached hydrogen (secondary N) is 1. The van der Waals surface area contributed by atoms with Gasteiger partial charge >= 0.3 is 0 Å². The van der Waals surface area contributed by atoms with Gasteiger partial charge in [0, 0.05) is 13.0 Å². The van der Waals surface area contributed by atoms with E-state index in [2.05, 4.69) is 12.2 Å². The zero-order valence-corrected chi connectivity index (χ0v) is 12.9. The molecule has 4 nitrogen and oxygen atoms in total. The number of rotatable bonds is 7. The second-order valence-corrected chi connectivity index (χ2v) is 6.18. The summed E-state index contributed by atoms with van der Waals surface area (Å²) in [5, 5.41) is 12.8. The van der Waals surface area contributed by atoms with Crippen molar-refractivity contribution in [1.82, 2.24) is 5.32 Å². The molecule has 0 heterocycles.